The summed E-state index contributed by atoms with van der Waals surface area (Å²) in [5, 5.41) is 3.32. The van der Waals surface area contributed by atoms with Gasteiger partial charge in [0, 0.05) is 24.8 Å². The van der Waals surface area contributed by atoms with E-state index in [0.29, 0.717) is 0 Å². The van der Waals surface area contributed by atoms with Crippen molar-refractivity contribution in [3.05, 3.63) is 24.0 Å². The van der Waals surface area contributed by atoms with Gasteiger partial charge in [-0.2, -0.15) is 0 Å². The summed E-state index contributed by atoms with van der Waals surface area (Å²) in [5.41, 5.74) is 1.19. The van der Waals surface area contributed by atoms with Crippen molar-refractivity contribution in [3.63, 3.8) is 0 Å². The first-order valence-corrected chi connectivity index (χ1v) is 6.89. The van der Waals surface area contributed by atoms with Gasteiger partial charge in [0.05, 0.1) is 6.20 Å². The topological polar surface area (TPSA) is 37.4 Å². The Balaban J connectivity index is 1.79. The SMILES string of the molecule is CCNCc1ccncc1OCCN1CCCC1. The lowest BCUT2D eigenvalue weighted by Crippen LogP contribution is -2.25. The minimum absolute atomic E-state index is 0.755. The van der Waals surface area contributed by atoms with E-state index in [1.807, 2.05) is 18.5 Å². The Morgan fingerprint density at radius 3 is 3.00 bits per heavy atom. The Bertz CT molecular complexity index is 351. The molecule has 4 nitrogen and oxygen atoms in total. The minimum Gasteiger partial charge on any atom is -0.490 e. The Morgan fingerprint density at radius 1 is 1.39 bits per heavy atom. The Hall–Kier alpha value is -1.13. The van der Waals surface area contributed by atoms with E-state index < -0.39 is 0 Å². The smallest absolute Gasteiger partial charge is 0.142 e. The molecule has 18 heavy (non-hydrogen) atoms. The molecular formula is C14H23N3O. The second-order valence-electron chi connectivity index (χ2n) is 4.66. The highest BCUT2D eigenvalue weighted by Gasteiger charge is 2.11. The molecule has 1 N–H and O–H groups in total. The maximum Gasteiger partial charge on any atom is 0.142 e. The molecule has 0 atom stereocenters. The van der Waals surface area contributed by atoms with Gasteiger partial charge in [-0.3, -0.25) is 9.88 Å². The first-order valence-electron chi connectivity index (χ1n) is 6.89. The molecule has 4 heteroatoms. The summed E-state index contributed by atoms with van der Waals surface area (Å²) in [6.07, 6.45) is 6.30. The van der Waals surface area contributed by atoms with Crippen LogP contribution in [0.2, 0.25) is 0 Å². The Kier molecular flexibility index (Phi) is 5.42. The molecule has 0 saturated carbocycles. The van der Waals surface area contributed by atoms with Crippen molar-refractivity contribution in [2.45, 2.75) is 26.3 Å². The molecular weight excluding hydrogens is 226 g/mol. The number of ether oxygens (including phenoxy) is 1. The van der Waals surface area contributed by atoms with Crippen molar-refractivity contribution in [2.24, 2.45) is 0 Å². The number of hydrogen-bond acceptors (Lipinski definition) is 4. The molecule has 1 aliphatic rings. The van der Waals surface area contributed by atoms with Crippen LogP contribution in [0, 0.1) is 0 Å². The molecule has 2 rings (SSSR count). The van der Waals surface area contributed by atoms with Crippen molar-refractivity contribution in [2.75, 3.05) is 32.8 Å². The van der Waals surface area contributed by atoms with Gasteiger partial charge in [-0.1, -0.05) is 6.92 Å². The van der Waals surface area contributed by atoms with E-state index in [0.717, 1.165) is 32.0 Å². The van der Waals surface area contributed by atoms with E-state index in [1.54, 1.807) is 0 Å². The van der Waals surface area contributed by atoms with Gasteiger partial charge in [-0.05, 0) is 38.5 Å². The average molecular weight is 249 g/mol. The maximum absolute atomic E-state index is 5.85. The maximum atomic E-state index is 5.85. The predicted molar refractivity (Wildman–Crippen MR) is 72.8 cm³/mol. The molecule has 100 valence electrons. The second-order valence-corrected chi connectivity index (χ2v) is 4.66. The lowest BCUT2D eigenvalue weighted by Gasteiger charge is -2.16. The largest absolute Gasteiger partial charge is 0.490 e. The van der Waals surface area contributed by atoms with E-state index in [9.17, 15) is 0 Å². The molecule has 0 spiro atoms. The molecule has 0 unspecified atom stereocenters. The van der Waals surface area contributed by atoms with E-state index >= 15 is 0 Å². The molecule has 1 fully saturated rings. The third-order valence-corrected chi connectivity index (χ3v) is 3.30. The van der Waals surface area contributed by atoms with Crippen LogP contribution in [-0.2, 0) is 6.54 Å². The Morgan fingerprint density at radius 2 is 2.22 bits per heavy atom. The van der Waals surface area contributed by atoms with Gasteiger partial charge in [0.15, 0.2) is 0 Å². The second kappa shape index (κ2) is 7.34. The third-order valence-electron chi connectivity index (χ3n) is 3.30. The lowest BCUT2D eigenvalue weighted by atomic mass is 10.2. The van der Waals surface area contributed by atoms with Crippen LogP contribution < -0.4 is 10.1 Å². The normalized spacial score (nSPS) is 16.1. The fourth-order valence-electron chi connectivity index (χ4n) is 2.24. The highest BCUT2D eigenvalue weighted by Crippen LogP contribution is 2.16. The number of rotatable bonds is 7. The molecule has 0 amide bonds. The van der Waals surface area contributed by atoms with Gasteiger partial charge in [-0.15, -0.1) is 0 Å². The van der Waals surface area contributed by atoms with Crippen molar-refractivity contribution < 1.29 is 4.74 Å². The summed E-state index contributed by atoms with van der Waals surface area (Å²) in [7, 11) is 0. The van der Waals surface area contributed by atoms with Gasteiger partial charge in [0.25, 0.3) is 0 Å². The van der Waals surface area contributed by atoms with Crippen LogP contribution in [0.15, 0.2) is 18.5 Å². The summed E-state index contributed by atoms with van der Waals surface area (Å²) in [6, 6.07) is 2.02. The molecule has 0 radical (unpaired) electrons. The van der Waals surface area contributed by atoms with E-state index in [-0.39, 0.29) is 0 Å². The fourth-order valence-corrected chi connectivity index (χ4v) is 2.24. The molecule has 1 aromatic heterocycles. The summed E-state index contributed by atoms with van der Waals surface area (Å²) < 4.78 is 5.85. The molecule has 1 aromatic rings. The van der Waals surface area contributed by atoms with Gasteiger partial charge in [0.1, 0.15) is 12.4 Å². The van der Waals surface area contributed by atoms with Crippen molar-refractivity contribution in [1.29, 1.82) is 0 Å². The minimum atomic E-state index is 0.755. The third kappa shape index (κ3) is 3.96. The average Bonchev–Trinajstić information content (AvgIpc) is 2.91. The monoisotopic (exact) mass is 249 g/mol. The number of nitrogens with zero attached hydrogens (tertiary/aromatic N) is 2. The van der Waals surface area contributed by atoms with Gasteiger partial charge in [-0.25, -0.2) is 0 Å². The number of pyridine rings is 1. The first-order chi connectivity index (χ1) is 8.90. The summed E-state index contributed by atoms with van der Waals surface area (Å²) >= 11 is 0. The molecule has 0 bridgehead atoms. The number of nitrogens with one attached hydrogen (secondary N) is 1. The lowest BCUT2D eigenvalue weighted by molar-refractivity contribution is 0.235. The number of likely N-dealkylation sites (tertiary alicyclic amines) is 1. The molecule has 2 heterocycles. The molecule has 1 aliphatic heterocycles. The van der Waals surface area contributed by atoms with Crippen LogP contribution >= 0.6 is 0 Å². The standard InChI is InChI=1S/C14H23N3O/c1-2-15-11-13-5-6-16-12-14(13)18-10-9-17-7-3-4-8-17/h5-6,12,15H,2-4,7-11H2,1H3. The zero-order chi connectivity index (χ0) is 12.6. The van der Waals surface area contributed by atoms with E-state index in [1.165, 1.54) is 31.5 Å². The molecule has 1 saturated heterocycles. The van der Waals surface area contributed by atoms with Crippen molar-refractivity contribution in [1.82, 2.24) is 15.2 Å². The quantitative estimate of drug-likeness (QED) is 0.797. The zero-order valence-corrected chi connectivity index (χ0v) is 11.2. The number of aromatic nitrogens is 1. The van der Waals surface area contributed by atoms with Crippen LogP contribution in [-0.4, -0.2) is 42.7 Å². The Labute approximate surface area is 109 Å². The van der Waals surface area contributed by atoms with E-state index in [2.05, 4.69) is 22.1 Å². The highest BCUT2D eigenvalue weighted by molar-refractivity contribution is 5.29. The first kappa shape index (κ1) is 13.3. The van der Waals surface area contributed by atoms with Crippen LogP contribution in [0.3, 0.4) is 0 Å². The summed E-state index contributed by atoms with van der Waals surface area (Å²) in [5.74, 6) is 0.914. The van der Waals surface area contributed by atoms with Crippen LogP contribution in [0.1, 0.15) is 25.3 Å². The summed E-state index contributed by atoms with van der Waals surface area (Å²) in [4.78, 5) is 6.60. The van der Waals surface area contributed by atoms with E-state index in [4.69, 9.17) is 4.74 Å². The predicted octanol–water partition coefficient (Wildman–Crippen LogP) is 1.67. The van der Waals surface area contributed by atoms with Gasteiger partial charge in [0.2, 0.25) is 0 Å². The van der Waals surface area contributed by atoms with Crippen molar-refractivity contribution in [3.8, 4) is 5.75 Å². The van der Waals surface area contributed by atoms with Gasteiger partial charge < -0.3 is 10.1 Å². The summed E-state index contributed by atoms with van der Waals surface area (Å²) in [6.45, 7) is 8.14. The van der Waals surface area contributed by atoms with Crippen LogP contribution in [0.4, 0.5) is 0 Å². The molecule has 0 aromatic carbocycles. The van der Waals surface area contributed by atoms with Gasteiger partial charge >= 0.3 is 0 Å². The van der Waals surface area contributed by atoms with Crippen LogP contribution in [0.5, 0.6) is 5.75 Å². The molecule has 0 aliphatic carbocycles. The highest BCUT2D eigenvalue weighted by atomic mass is 16.5. The fraction of sp³-hybridized carbons (Fsp3) is 0.643. The van der Waals surface area contributed by atoms with Crippen LogP contribution in [0.25, 0.3) is 0 Å². The zero-order valence-electron chi connectivity index (χ0n) is 11.2. The number of hydrogen-bond donors (Lipinski definition) is 1. The van der Waals surface area contributed by atoms with Crippen molar-refractivity contribution >= 4 is 0 Å².